The van der Waals surface area contributed by atoms with Crippen LogP contribution in [0.2, 0.25) is 0 Å². The molecular weight excluding hydrogens is 175 g/mol. The van der Waals surface area contributed by atoms with Gasteiger partial charge >= 0.3 is 8.25 Å². The molecule has 0 aliphatic carbocycles. The van der Waals surface area contributed by atoms with Gasteiger partial charge in [-0.1, -0.05) is 30.3 Å². The Morgan fingerprint density at radius 1 is 1.42 bits per heavy atom. The number of hydrogen-bond acceptors (Lipinski definition) is 2. The van der Waals surface area contributed by atoms with E-state index in [1.54, 1.807) is 6.92 Å². The van der Waals surface area contributed by atoms with Crippen LogP contribution < -0.4 is 0 Å². The van der Waals surface area contributed by atoms with Crippen molar-refractivity contribution in [1.82, 2.24) is 0 Å². The first-order valence-electron chi connectivity index (χ1n) is 3.64. The van der Waals surface area contributed by atoms with Gasteiger partial charge in [0, 0.05) is 0 Å². The van der Waals surface area contributed by atoms with E-state index in [0.29, 0.717) is 0 Å². The third-order valence-corrected chi connectivity index (χ3v) is 2.10. The summed E-state index contributed by atoms with van der Waals surface area (Å²) in [4.78, 5) is 8.51. The predicted molar refractivity (Wildman–Crippen MR) is 47.2 cm³/mol. The molecule has 1 rings (SSSR count). The molecule has 0 bridgehead atoms. The molecular formula is C8H11O3P. The highest BCUT2D eigenvalue weighted by atomic mass is 31.1. The Labute approximate surface area is 71.9 Å². The lowest BCUT2D eigenvalue weighted by molar-refractivity contribution is 0.209. The fourth-order valence-electron chi connectivity index (χ4n) is 0.943. The normalized spacial score (nSPS) is 15.5. The van der Waals surface area contributed by atoms with Gasteiger partial charge in [0.15, 0.2) is 0 Å². The monoisotopic (exact) mass is 186 g/mol. The summed E-state index contributed by atoms with van der Waals surface area (Å²) < 4.78 is 15.1. The minimum Gasteiger partial charge on any atom is -0.326 e. The van der Waals surface area contributed by atoms with Crippen LogP contribution in [-0.2, 0) is 9.09 Å². The molecule has 4 heteroatoms. The van der Waals surface area contributed by atoms with Gasteiger partial charge in [0.25, 0.3) is 0 Å². The summed E-state index contributed by atoms with van der Waals surface area (Å²) in [7, 11) is -2.83. The largest absolute Gasteiger partial charge is 0.326 e. The Kier molecular flexibility index (Phi) is 3.48. The standard InChI is InChI=1S/C8H11O3P/c1-7(11-12(9)10)8-5-3-2-4-6-8/h2-7,12H,1H3,(H,9,10). The molecule has 0 spiro atoms. The maximum atomic E-state index is 10.3. The number of hydrogen-bond donors (Lipinski definition) is 1. The number of rotatable bonds is 3. The maximum absolute atomic E-state index is 10.3. The van der Waals surface area contributed by atoms with Crippen molar-refractivity contribution < 1.29 is 14.0 Å². The lowest BCUT2D eigenvalue weighted by Crippen LogP contribution is -1.92. The SMILES string of the molecule is CC(O[PH](=O)O)c1ccccc1. The Balaban J connectivity index is 2.65. The highest BCUT2D eigenvalue weighted by Gasteiger charge is 2.06. The summed E-state index contributed by atoms with van der Waals surface area (Å²) in [5.41, 5.74) is 0.907. The molecule has 3 nitrogen and oxygen atoms in total. The van der Waals surface area contributed by atoms with E-state index >= 15 is 0 Å². The second kappa shape index (κ2) is 4.41. The van der Waals surface area contributed by atoms with Crippen LogP contribution in [0.1, 0.15) is 18.6 Å². The number of benzene rings is 1. The zero-order chi connectivity index (χ0) is 8.97. The molecule has 1 aromatic carbocycles. The van der Waals surface area contributed by atoms with Crippen LogP contribution in [0, 0.1) is 0 Å². The van der Waals surface area contributed by atoms with Gasteiger partial charge < -0.3 is 9.42 Å². The topological polar surface area (TPSA) is 46.5 Å². The molecule has 0 radical (unpaired) electrons. The van der Waals surface area contributed by atoms with Gasteiger partial charge in [0.05, 0.1) is 6.10 Å². The summed E-state index contributed by atoms with van der Waals surface area (Å²) >= 11 is 0. The minimum absolute atomic E-state index is 0.317. The quantitative estimate of drug-likeness (QED) is 0.735. The molecule has 12 heavy (non-hydrogen) atoms. The van der Waals surface area contributed by atoms with E-state index in [1.807, 2.05) is 30.3 Å². The fraction of sp³-hybridized carbons (Fsp3) is 0.250. The van der Waals surface area contributed by atoms with Crippen LogP contribution in [0.3, 0.4) is 0 Å². The van der Waals surface area contributed by atoms with Crippen LogP contribution in [0.4, 0.5) is 0 Å². The zero-order valence-corrected chi connectivity index (χ0v) is 7.73. The van der Waals surface area contributed by atoms with Crippen molar-refractivity contribution in [2.75, 3.05) is 0 Å². The highest BCUT2D eigenvalue weighted by Crippen LogP contribution is 2.27. The zero-order valence-electron chi connectivity index (χ0n) is 6.73. The van der Waals surface area contributed by atoms with E-state index in [9.17, 15) is 4.57 Å². The smallest absolute Gasteiger partial charge is 0.317 e. The van der Waals surface area contributed by atoms with E-state index in [1.165, 1.54) is 0 Å². The van der Waals surface area contributed by atoms with Crippen molar-refractivity contribution in [1.29, 1.82) is 0 Å². The average molecular weight is 186 g/mol. The van der Waals surface area contributed by atoms with Gasteiger partial charge in [0.2, 0.25) is 0 Å². The summed E-state index contributed by atoms with van der Waals surface area (Å²) in [5.74, 6) is 0. The van der Waals surface area contributed by atoms with Crippen LogP contribution in [0.25, 0.3) is 0 Å². The van der Waals surface area contributed by atoms with E-state index < -0.39 is 8.25 Å². The lowest BCUT2D eigenvalue weighted by atomic mass is 10.1. The van der Waals surface area contributed by atoms with E-state index in [4.69, 9.17) is 9.42 Å². The van der Waals surface area contributed by atoms with Crippen molar-refractivity contribution in [3.05, 3.63) is 35.9 Å². The molecule has 0 aliphatic rings. The molecule has 0 heterocycles. The van der Waals surface area contributed by atoms with Crippen molar-refractivity contribution in [2.45, 2.75) is 13.0 Å². The minimum atomic E-state index is -2.83. The first-order valence-corrected chi connectivity index (χ1v) is 4.91. The van der Waals surface area contributed by atoms with Crippen LogP contribution in [-0.4, -0.2) is 4.89 Å². The van der Waals surface area contributed by atoms with Crippen LogP contribution >= 0.6 is 8.25 Å². The van der Waals surface area contributed by atoms with Crippen molar-refractivity contribution in [3.63, 3.8) is 0 Å². The van der Waals surface area contributed by atoms with Crippen LogP contribution in [0.15, 0.2) is 30.3 Å². The molecule has 1 N–H and O–H groups in total. The summed E-state index contributed by atoms with van der Waals surface area (Å²) in [6.45, 7) is 1.74. The predicted octanol–water partition coefficient (Wildman–Crippen LogP) is 2.15. The molecule has 2 atom stereocenters. The molecule has 0 aliphatic heterocycles. The Morgan fingerprint density at radius 2 is 2.00 bits per heavy atom. The second-order valence-corrected chi connectivity index (χ2v) is 3.20. The van der Waals surface area contributed by atoms with Crippen LogP contribution in [0.5, 0.6) is 0 Å². The summed E-state index contributed by atoms with van der Waals surface area (Å²) in [6, 6.07) is 9.33. The van der Waals surface area contributed by atoms with Gasteiger partial charge in [-0.2, -0.15) is 0 Å². The molecule has 0 amide bonds. The maximum Gasteiger partial charge on any atom is 0.317 e. The summed E-state index contributed by atoms with van der Waals surface area (Å²) in [5, 5.41) is 0. The Hall–Kier alpha value is -0.630. The molecule has 2 unspecified atom stereocenters. The molecule has 0 aromatic heterocycles. The molecule has 0 saturated carbocycles. The van der Waals surface area contributed by atoms with Crippen molar-refractivity contribution in [3.8, 4) is 0 Å². The Morgan fingerprint density at radius 3 is 2.50 bits per heavy atom. The van der Waals surface area contributed by atoms with E-state index in [0.717, 1.165) is 5.56 Å². The molecule has 0 fully saturated rings. The third kappa shape index (κ3) is 2.78. The van der Waals surface area contributed by atoms with E-state index in [-0.39, 0.29) is 6.10 Å². The summed E-state index contributed by atoms with van der Waals surface area (Å²) in [6.07, 6.45) is -0.317. The first kappa shape index (κ1) is 9.46. The average Bonchev–Trinajstić information content (AvgIpc) is 2.05. The van der Waals surface area contributed by atoms with E-state index in [2.05, 4.69) is 0 Å². The van der Waals surface area contributed by atoms with Gasteiger partial charge in [-0.3, -0.25) is 4.57 Å². The third-order valence-electron chi connectivity index (χ3n) is 1.55. The fourth-order valence-corrected chi connectivity index (χ4v) is 1.38. The Bertz CT molecular complexity index is 260. The van der Waals surface area contributed by atoms with Gasteiger partial charge in [-0.25, -0.2) is 0 Å². The molecule has 1 aromatic rings. The first-order chi connectivity index (χ1) is 5.70. The van der Waals surface area contributed by atoms with Gasteiger partial charge in [-0.15, -0.1) is 0 Å². The highest BCUT2D eigenvalue weighted by molar-refractivity contribution is 7.32. The molecule has 66 valence electrons. The van der Waals surface area contributed by atoms with Crippen molar-refractivity contribution in [2.24, 2.45) is 0 Å². The lowest BCUT2D eigenvalue weighted by Gasteiger charge is -2.09. The second-order valence-electron chi connectivity index (χ2n) is 2.44. The van der Waals surface area contributed by atoms with Gasteiger partial charge in [-0.05, 0) is 12.5 Å². The van der Waals surface area contributed by atoms with Gasteiger partial charge in [0.1, 0.15) is 0 Å². The molecule has 0 saturated heterocycles. The van der Waals surface area contributed by atoms with Crippen molar-refractivity contribution >= 4 is 8.25 Å².